The fraction of sp³-hybridized carbons (Fsp3) is 0.462. The van der Waals surface area contributed by atoms with Gasteiger partial charge in [0.15, 0.2) is 0 Å². The summed E-state index contributed by atoms with van der Waals surface area (Å²) in [4.78, 5) is 11.6. The standard InChI is InChI=1S/C13H21N3O4S/c1-20-12-6-4-11(5-7-12)16-13(17)10-14-8-3-9-15-21(2,18)19/h4-7,14-15H,3,8-10H2,1-2H3,(H,16,17). The topological polar surface area (TPSA) is 96.5 Å². The largest absolute Gasteiger partial charge is 0.497 e. The third-order valence-corrected chi connectivity index (χ3v) is 3.28. The van der Waals surface area contributed by atoms with Gasteiger partial charge in [-0.2, -0.15) is 0 Å². The summed E-state index contributed by atoms with van der Waals surface area (Å²) in [6.45, 7) is 1.08. The molecule has 8 heteroatoms. The summed E-state index contributed by atoms with van der Waals surface area (Å²) in [6.07, 6.45) is 1.73. The van der Waals surface area contributed by atoms with Crippen LogP contribution in [0.15, 0.2) is 24.3 Å². The Morgan fingerprint density at radius 3 is 2.43 bits per heavy atom. The van der Waals surface area contributed by atoms with E-state index in [9.17, 15) is 13.2 Å². The average molecular weight is 315 g/mol. The SMILES string of the molecule is COc1ccc(NC(=O)CNCCCNS(C)(=O)=O)cc1. The second-order valence-corrected chi connectivity index (χ2v) is 6.31. The van der Waals surface area contributed by atoms with Crippen LogP contribution in [0.3, 0.4) is 0 Å². The van der Waals surface area contributed by atoms with Gasteiger partial charge in [-0.25, -0.2) is 13.1 Å². The summed E-state index contributed by atoms with van der Waals surface area (Å²) in [5, 5.41) is 5.68. The lowest BCUT2D eigenvalue weighted by Crippen LogP contribution is -2.31. The first-order valence-electron chi connectivity index (χ1n) is 6.50. The fourth-order valence-corrected chi connectivity index (χ4v) is 2.07. The average Bonchev–Trinajstić information content (AvgIpc) is 2.42. The molecule has 118 valence electrons. The second-order valence-electron chi connectivity index (χ2n) is 4.47. The van der Waals surface area contributed by atoms with Gasteiger partial charge in [0.1, 0.15) is 5.75 Å². The number of hydrogen-bond acceptors (Lipinski definition) is 5. The first-order valence-corrected chi connectivity index (χ1v) is 8.39. The van der Waals surface area contributed by atoms with Crippen LogP contribution in [-0.4, -0.2) is 47.3 Å². The number of amides is 1. The Hall–Kier alpha value is -1.64. The Kier molecular flexibility index (Phi) is 7.13. The van der Waals surface area contributed by atoms with E-state index in [2.05, 4.69) is 15.4 Å². The number of benzene rings is 1. The molecule has 0 aromatic heterocycles. The molecule has 0 aliphatic rings. The van der Waals surface area contributed by atoms with Gasteiger partial charge in [0, 0.05) is 12.2 Å². The van der Waals surface area contributed by atoms with Gasteiger partial charge in [-0.3, -0.25) is 4.79 Å². The van der Waals surface area contributed by atoms with Crippen molar-refractivity contribution in [3.63, 3.8) is 0 Å². The van der Waals surface area contributed by atoms with Gasteiger partial charge in [0.05, 0.1) is 19.9 Å². The number of carbonyl (C=O) groups is 1. The molecule has 0 unspecified atom stereocenters. The molecule has 0 heterocycles. The van der Waals surface area contributed by atoms with E-state index in [1.165, 1.54) is 0 Å². The number of ether oxygens (including phenoxy) is 1. The van der Waals surface area contributed by atoms with Crippen LogP contribution in [0.4, 0.5) is 5.69 Å². The lowest BCUT2D eigenvalue weighted by atomic mass is 10.3. The zero-order chi connectivity index (χ0) is 15.7. The summed E-state index contributed by atoms with van der Waals surface area (Å²) < 4.78 is 29.0. The van der Waals surface area contributed by atoms with Crippen LogP contribution in [0.5, 0.6) is 5.75 Å². The third kappa shape index (κ3) is 8.28. The number of sulfonamides is 1. The molecule has 0 saturated heterocycles. The summed E-state index contributed by atoms with van der Waals surface area (Å²) >= 11 is 0. The van der Waals surface area contributed by atoms with Crippen LogP contribution in [0.1, 0.15) is 6.42 Å². The maximum atomic E-state index is 11.6. The molecule has 0 aliphatic carbocycles. The highest BCUT2D eigenvalue weighted by atomic mass is 32.2. The van der Waals surface area contributed by atoms with Crippen molar-refractivity contribution in [2.45, 2.75) is 6.42 Å². The monoisotopic (exact) mass is 315 g/mol. The van der Waals surface area contributed by atoms with E-state index in [1.54, 1.807) is 31.4 Å². The molecule has 21 heavy (non-hydrogen) atoms. The van der Waals surface area contributed by atoms with E-state index in [0.717, 1.165) is 12.0 Å². The molecule has 0 saturated carbocycles. The van der Waals surface area contributed by atoms with E-state index in [4.69, 9.17) is 4.74 Å². The molecular formula is C13H21N3O4S. The van der Waals surface area contributed by atoms with Crippen molar-refractivity contribution in [2.75, 3.05) is 38.3 Å². The Morgan fingerprint density at radius 1 is 1.19 bits per heavy atom. The van der Waals surface area contributed by atoms with Gasteiger partial charge < -0.3 is 15.4 Å². The fourth-order valence-electron chi connectivity index (χ4n) is 1.55. The number of rotatable bonds is 9. The van der Waals surface area contributed by atoms with E-state index in [-0.39, 0.29) is 12.5 Å². The summed E-state index contributed by atoms with van der Waals surface area (Å²) in [5.74, 6) is 0.570. The zero-order valence-electron chi connectivity index (χ0n) is 12.2. The van der Waals surface area contributed by atoms with Crippen molar-refractivity contribution < 1.29 is 17.9 Å². The lowest BCUT2D eigenvalue weighted by molar-refractivity contribution is -0.115. The number of carbonyl (C=O) groups excluding carboxylic acids is 1. The van der Waals surface area contributed by atoms with Gasteiger partial charge in [-0.05, 0) is 37.2 Å². The van der Waals surface area contributed by atoms with Gasteiger partial charge >= 0.3 is 0 Å². The van der Waals surface area contributed by atoms with E-state index < -0.39 is 10.0 Å². The van der Waals surface area contributed by atoms with Gasteiger partial charge in [-0.1, -0.05) is 0 Å². The maximum Gasteiger partial charge on any atom is 0.238 e. The quantitative estimate of drug-likeness (QED) is 0.564. The van der Waals surface area contributed by atoms with Crippen LogP contribution in [0.2, 0.25) is 0 Å². The summed E-state index contributed by atoms with van der Waals surface area (Å²) in [6, 6.07) is 7.04. The van der Waals surface area contributed by atoms with Crippen LogP contribution in [0, 0.1) is 0 Å². The first kappa shape index (κ1) is 17.4. The summed E-state index contributed by atoms with van der Waals surface area (Å²) in [5.41, 5.74) is 0.696. The molecule has 7 nitrogen and oxygen atoms in total. The number of methoxy groups -OCH3 is 1. The van der Waals surface area contributed by atoms with E-state index in [0.29, 0.717) is 25.2 Å². The zero-order valence-corrected chi connectivity index (χ0v) is 13.0. The minimum Gasteiger partial charge on any atom is -0.497 e. The highest BCUT2D eigenvalue weighted by Crippen LogP contribution is 2.14. The first-order chi connectivity index (χ1) is 9.90. The van der Waals surface area contributed by atoms with Gasteiger partial charge in [0.2, 0.25) is 15.9 Å². The van der Waals surface area contributed by atoms with E-state index >= 15 is 0 Å². The molecule has 1 aromatic rings. The van der Waals surface area contributed by atoms with E-state index in [1.807, 2.05) is 0 Å². The smallest absolute Gasteiger partial charge is 0.238 e. The molecule has 0 bridgehead atoms. The van der Waals surface area contributed by atoms with Gasteiger partial charge in [0.25, 0.3) is 0 Å². The summed E-state index contributed by atoms with van der Waals surface area (Å²) in [7, 11) is -1.56. The third-order valence-electron chi connectivity index (χ3n) is 2.55. The van der Waals surface area contributed by atoms with Crippen molar-refractivity contribution in [3.05, 3.63) is 24.3 Å². The van der Waals surface area contributed by atoms with Crippen molar-refractivity contribution in [2.24, 2.45) is 0 Å². The molecule has 0 fully saturated rings. The van der Waals surface area contributed by atoms with Crippen molar-refractivity contribution in [1.29, 1.82) is 0 Å². The predicted molar refractivity (Wildman–Crippen MR) is 82.0 cm³/mol. The molecule has 1 amide bonds. The molecule has 0 radical (unpaired) electrons. The van der Waals surface area contributed by atoms with Crippen molar-refractivity contribution >= 4 is 21.6 Å². The molecule has 0 atom stereocenters. The number of nitrogens with one attached hydrogen (secondary N) is 3. The normalized spacial score (nSPS) is 11.1. The predicted octanol–water partition coefficient (Wildman–Crippen LogP) is 0.163. The molecular weight excluding hydrogens is 294 g/mol. The molecule has 0 spiro atoms. The highest BCUT2D eigenvalue weighted by molar-refractivity contribution is 7.88. The number of anilines is 1. The number of hydrogen-bond donors (Lipinski definition) is 3. The maximum absolute atomic E-state index is 11.6. The molecule has 3 N–H and O–H groups in total. The Bertz CT molecular complexity index is 543. The van der Waals surface area contributed by atoms with Gasteiger partial charge in [-0.15, -0.1) is 0 Å². The Labute approximate surface area is 125 Å². The highest BCUT2D eigenvalue weighted by Gasteiger charge is 2.02. The second kappa shape index (κ2) is 8.60. The van der Waals surface area contributed by atoms with Crippen LogP contribution in [-0.2, 0) is 14.8 Å². The Morgan fingerprint density at radius 2 is 1.86 bits per heavy atom. The minimum absolute atomic E-state index is 0.156. The van der Waals surface area contributed by atoms with Crippen LogP contribution in [0.25, 0.3) is 0 Å². The minimum atomic E-state index is -3.14. The van der Waals surface area contributed by atoms with Crippen molar-refractivity contribution in [1.82, 2.24) is 10.0 Å². The molecule has 1 rings (SSSR count). The molecule has 0 aliphatic heterocycles. The molecule has 1 aromatic carbocycles. The van der Waals surface area contributed by atoms with Crippen LogP contribution < -0.4 is 20.1 Å². The lowest BCUT2D eigenvalue weighted by Gasteiger charge is -2.07. The Balaban J connectivity index is 2.16. The van der Waals surface area contributed by atoms with Crippen molar-refractivity contribution in [3.8, 4) is 5.75 Å². The van der Waals surface area contributed by atoms with Crippen LogP contribution >= 0.6 is 0 Å².